The second-order valence-corrected chi connectivity index (χ2v) is 3.35. The van der Waals surface area contributed by atoms with Gasteiger partial charge in [0.25, 0.3) is 0 Å². The van der Waals surface area contributed by atoms with Gasteiger partial charge in [0, 0.05) is 12.3 Å². The zero-order valence-corrected chi connectivity index (χ0v) is 6.82. The van der Waals surface area contributed by atoms with Gasteiger partial charge in [-0.2, -0.15) is 0 Å². The first kappa shape index (κ1) is 7.63. The molecule has 1 aromatic heterocycles. The topological polar surface area (TPSA) is 42.9 Å². The number of rotatable bonds is 1. The first-order valence-electron chi connectivity index (χ1n) is 2.51. The van der Waals surface area contributed by atoms with E-state index in [2.05, 4.69) is 9.97 Å². The molecule has 54 valence electrons. The third-order valence-corrected chi connectivity index (χ3v) is 1.92. The Morgan fingerprint density at radius 2 is 2.30 bits per heavy atom. The molecule has 0 saturated heterocycles. The zero-order chi connectivity index (χ0) is 7.56. The van der Waals surface area contributed by atoms with Crippen LogP contribution < -0.4 is 0 Å². The molecular formula is C5H5ClN2OS. The molecule has 0 spiro atoms. The van der Waals surface area contributed by atoms with Gasteiger partial charge in [-0.25, -0.2) is 9.97 Å². The van der Waals surface area contributed by atoms with Gasteiger partial charge in [-0.15, -0.1) is 0 Å². The lowest BCUT2D eigenvalue weighted by molar-refractivity contribution is 0.683. The molecule has 0 bridgehead atoms. The van der Waals surface area contributed by atoms with Crippen molar-refractivity contribution in [2.75, 3.05) is 6.26 Å². The molecule has 1 heterocycles. The summed E-state index contributed by atoms with van der Waals surface area (Å²) in [6.45, 7) is 0. The van der Waals surface area contributed by atoms with E-state index in [1.54, 1.807) is 6.26 Å². The van der Waals surface area contributed by atoms with Crippen LogP contribution in [0.1, 0.15) is 0 Å². The Morgan fingerprint density at radius 3 is 2.70 bits per heavy atom. The van der Waals surface area contributed by atoms with Crippen LogP contribution >= 0.6 is 11.6 Å². The van der Waals surface area contributed by atoms with Crippen LogP contribution in [0.4, 0.5) is 0 Å². The fourth-order valence-electron chi connectivity index (χ4n) is 0.475. The van der Waals surface area contributed by atoms with Crippen molar-refractivity contribution in [3.05, 3.63) is 17.5 Å². The van der Waals surface area contributed by atoms with Crippen LogP contribution in [0.2, 0.25) is 5.15 Å². The van der Waals surface area contributed by atoms with E-state index in [1.165, 1.54) is 12.4 Å². The molecule has 1 rings (SSSR count). The third kappa shape index (κ3) is 1.75. The number of aromatic nitrogens is 2. The van der Waals surface area contributed by atoms with E-state index < -0.39 is 10.8 Å². The maximum absolute atomic E-state index is 10.8. The standard InChI is InChI=1S/C5H5ClN2OS/c1-10(9)5-2-4(6)7-3-8-5/h2-3H,1H3/t10-/m1/s1. The minimum absolute atomic E-state index is 0.320. The first-order valence-corrected chi connectivity index (χ1v) is 4.45. The van der Waals surface area contributed by atoms with Gasteiger partial charge >= 0.3 is 0 Å². The van der Waals surface area contributed by atoms with Crippen LogP contribution in [0.3, 0.4) is 0 Å². The molecular weight excluding hydrogens is 172 g/mol. The lowest BCUT2D eigenvalue weighted by Gasteiger charge is -1.92. The predicted molar refractivity (Wildman–Crippen MR) is 39.4 cm³/mol. The minimum atomic E-state index is -1.07. The van der Waals surface area contributed by atoms with E-state index in [9.17, 15) is 4.21 Å². The summed E-state index contributed by atoms with van der Waals surface area (Å²) in [6, 6.07) is 1.48. The Bertz CT molecular complexity index is 266. The first-order chi connectivity index (χ1) is 4.70. The van der Waals surface area contributed by atoms with Crippen molar-refractivity contribution in [3.8, 4) is 0 Å². The average molecular weight is 177 g/mol. The number of hydrogen-bond acceptors (Lipinski definition) is 3. The lowest BCUT2D eigenvalue weighted by Crippen LogP contribution is -1.92. The molecule has 0 aliphatic carbocycles. The molecule has 0 aliphatic rings. The van der Waals surface area contributed by atoms with Crippen molar-refractivity contribution in [1.82, 2.24) is 9.97 Å². The van der Waals surface area contributed by atoms with Gasteiger partial charge in [0.05, 0.1) is 10.8 Å². The smallest absolute Gasteiger partial charge is 0.133 e. The van der Waals surface area contributed by atoms with Gasteiger partial charge in [0.15, 0.2) is 0 Å². The summed E-state index contributed by atoms with van der Waals surface area (Å²) >= 11 is 5.50. The molecule has 1 aromatic rings. The fraction of sp³-hybridized carbons (Fsp3) is 0.200. The Kier molecular flexibility index (Phi) is 2.34. The highest BCUT2D eigenvalue weighted by atomic mass is 35.5. The van der Waals surface area contributed by atoms with Crippen molar-refractivity contribution in [1.29, 1.82) is 0 Å². The quantitative estimate of drug-likeness (QED) is 0.597. The van der Waals surface area contributed by atoms with Crippen LogP contribution in [0.25, 0.3) is 0 Å². The highest BCUT2D eigenvalue weighted by molar-refractivity contribution is 7.84. The molecule has 0 fully saturated rings. The zero-order valence-electron chi connectivity index (χ0n) is 5.24. The Morgan fingerprint density at radius 1 is 1.60 bits per heavy atom. The Balaban J connectivity index is 3.07. The van der Waals surface area contributed by atoms with Gasteiger partial charge < -0.3 is 0 Å². The van der Waals surface area contributed by atoms with Gasteiger partial charge in [-0.1, -0.05) is 11.6 Å². The van der Waals surface area contributed by atoms with Crippen molar-refractivity contribution >= 4 is 22.4 Å². The molecule has 0 aromatic carbocycles. The maximum Gasteiger partial charge on any atom is 0.133 e. The van der Waals surface area contributed by atoms with Crippen LogP contribution in [-0.4, -0.2) is 20.4 Å². The SMILES string of the molecule is C[S@@](=O)c1cc(Cl)ncn1. The van der Waals surface area contributed by atoms with E-state index >= 15 is 0 Å². The molecule has 0 N–H and O–H groups in total. The average Bonchev–Trinajstić information content (AvgIpc) is 1.88. The minimum Gasteiger partial charge on any atom is -0.253 e. The predicted octanol–water partition coefficient (Wildman–Crippen LogP) is 0.867. The molecule has 0 radical (unpaired) electrons. The molecule has 10 heavy (non-hydrogen) atoms. The number of hydrogen-bond donors (Lipinski definition) is 0. The second kappa shape index (κ2) is 3.07. The Hall–Kier alpha value is -0.480. The highest BCUT2D eigenvalue weighted by Gasteiger charge is 1.98. The summed E-state index contributed by atoms with van der Waals surface area (Å²) in [5, 5.41) is 0.778. The summed E-state index contributed by atoms with van der Waals surface area (Å²) in [6.07, 6.45) is 2.83. The highest BCUT2D eigenvalue weighted by Crippen LogP contribution is 2.05. The van der Waals surface area contributed by atoms with Gasteiger partial charge in [-0.05, 0) is 0 Å². The summed E-state index contributed by atoms with van der Waals surface area (Å²) in [7, 11) is -1.07. The van der Waals surface area contributed by atoms with Crippen LogP contribution in [0, 0.1) is 0 Å². The molecule has 0 amide bonds. The Labute approximate surface area is 65.9 Å². The van der Waals surface area contributed by atoms with Crippen LogP contribution in [-0.2, 0) is 10.8 Å². The monoisotopic (exact) mass is 176 g/mol. The lowest BCUT2D eigenvalue weighted by atomic mass is 10.7. The molecule has 0 aliphatic heterocycles. The largest absolute Gasteiger partial charge is 0.253 e. The molecule has 3 nitrogen and oxygen atoms in total. The van der Waals surface area contributed by atoms with Gasteiger partial charge in [-0.3, -0.25) is 4.21 Å². The molecule has 0 saturated carbocycles. The maximum atomic E-state index is 10.8. The van der Waals surface area contributed by atoms with E-state index in [-0.39, 0.29) is 0 Å². The van der Waals surface area contributed by atoms with Crippen LogP contribution in [0.15, 0.2) is 17.4 Å². The van der Waals surface area contributed by atoms with E-state index in [0.717, 1.165) is 0 Å². The van der Waals surface area contributed by atoms with E-state index in [1.807, 2.05) is 0 Å². The summed E-state index contributed by atoms with van der Waals surface area (Å²) in [5.74, 6) is 0. The fourth-order valence-corrected chi connectivity index (χ4v) is 1.16. The second-order valence-electron chi connectivity index (χ2n) is 1.63. The van der Waals surface area contributed by atoms with Crippen molar-refractivity contribution in [2.24, 2.45) is 0 Å². The van der Waals surface area contributed by atoms with Gasteiger partial charge in [0.1, 0.15) is 16.5 Å². The van der Waals surface area contributed by atoms with Crippen molar-refractivity contribution in [2.45, 2.75) is 5.03 Å². The molecule has 0 unspecified atom stereocenters. The van der Waals surface area contributed by atoms with Gasteiger partial charge in [0.2, 0.25) is 0 Å². The summed E-state index contributed by atoms with van der Waals surface area (Å²) in [5.41, 5.74) is 0. The van der Waals surface area contributed by atoms with E-state index in [4.69, 9.17) is 11.6 Å². The molecule has 1 atom stereocenters. The number of halogens is 1. The van der Waals surface area contributed by atoms with Crippen LogP contribution in [0.5, 0.6) is 0 Å². The summed E-state index contributed by atoms with van der Waals surface area (Å²) in [4.78, 5) is 7.39. The molecule has 5 heteroatoms. The van der Waals surface area contributed by atoms with Crippen molar-refractivity contribution in [3.63, 3.8) is 0 Å². The summed E-state index contributed by atoms with van der Waals surface area (Å²) < 4.78 is 10.8. The number of nitrogens with zero attached hydrogens (tertiary/aromatic N) is 2. The third-order valence-electron chi connectivity index (χ3n) is 0.903. The van der Waals surface area contributed by atoms with Crippen molar-refractivity contribution < 1.29 is 4.21 Å². The van der Waals surface area contributed by atoms with E-state index in [0.29, 0.717) is 10.2 Å². The normalized spacial score (nSPS) is 13.0.